The molecule has 4 heterocycles. The quantitative estimate of drug-likeness (QED) is 0.472. The molecule has 1 fully saturated rings. The van der Waals surface area contributed by atoms with Crippen LogP contribution >= 0.6 is 11.3 Å². The number of carboxylic acid groups (broad SMARTS) is 1. The summed E-state index contributed by atoms with van der Waals surface area (Å²) in [5.41, 5.74) is 8.37. The van der Waals surface area contributed by atoms with Gasteiger partial charge in [-0.1, -0.05) is 13.8 Å². The second-order valence-electron chi connectivity index (χ2n) is 8.89. The number of thiazole rings is 1. The number of aromatic nitrogens is 3. The van der Waals surface area contributed by atoms with Crippen molar-refractivity contribution in [2.75, 3.05) is 24.7 Å². The van der Waals surface area contributed by atoms with Crippen LogP contribution in [-0.4, -0.2) is 51.3 Å². The van der Waals surface area contributed by atoms with Crippen molar-refractivity contribution in [2.24, 2.45) is 11.7 Å². The van der Waals surface area contributed by atoms with Crippen molar-refractivity contribution in [3.05, 3.63) is 62.0 Å². The maximum atomic E-state index is 13.4. The number of fused-ring (bicyclic) bond motifs is 1. The number of nitrogens with zero attached hydrogens (tertiary/aromatic N) is 4. The Hall–Kier alpha value is -3.11. The number of nitrogens with two attached hydrogens (primary N) is 1. The highest BCUT2D eigenvalue weighted by atomic mass is 32.1. The Labute approximate surface area is 200 Å². The second kappa shape index (κ2) is 10.0. The molecular formula is C24H28FN5O3S. The highest BCUT2D eigenvalue weighted by Crippen LogP contribution is 2.26. The second-order valence-corrected chi connectivity index (χ2v) is 9.84. The lowest BCUT2D eigenvalue weighted by Gasteiger charge is -2.20. The van der Waals surface area contributed by atoms with Gasteiger partial charge in [-0.3, -0.25) is 13.6 Å². The molecule has 3 aromatic heterocycles. The molecule has 1 saturated heterocycles. The molecule has 34 heavy (non-hydrogen) atoms. The lowest BCUT2D eigenvalue weighted by Crippen LogP contribution is -2.31. The van der Waals surface area contributed by atoms with Gasteiger partial charge in [0.25, 0.3) is 5.56 Å². The zero-order valence-corrected chi connectivity index (χ0v) is 20.0. The van der Waals surface area contributed by atoms with Gasteiger partial charge >= 0.3 is 5.97 Å². The van der Waals surface area contributed by atoms with Gasteiger partial charge in [-0.25, -0.2) is 14.8 Å². The average molecular weight is 486 g/mol. The predicted octanol–water partition coefficient (Wildman–Crippen LogP) is 2.89. The molecule has 2 atom stereocenters. The molecule has 180 valence electrons. The van der Waals surface area contributed by atoms with Gasteiger partial charge in [-0.2, -0.15) is 0 Å². The minimum Gasteiger partial charge on any atom is -0.478 e. The van der Waals surface area contributed by atoms with Gasteiger partial charge < -0.3 is 15.7 Å². The number of aliphatic carboxylic acids is 1. The van der Waals surface area contributed by atoms with E-state index in [1.165, 1.54) is 10.5 Å². The summed E-state index contributed by atoms with van der Waals surface area (Å²) in [5.74, 6) is -0.821. The molecule has 0 aromatic carbocycles. The first kappa shape index (κ1) is 24.0. The zero-order chi connectivity index (χ0) is 24.4. The van der Waals surface area contributed by atoms with Gasteiger partial charge in [0.05, 0.1) is 22.9 Å². The minimum absolute atomic E-state index is 0.142. The van der Waals surface area contributed by atoms with E-state index in [1.807, 2.05) is 12.1 Å². The molecular weight excluding hydrogens is 457 g/mol. The van der Waals surface area contributed by atoms with Crippen LogP contribution < -0.4 is 16.2 Å². The molecule has 0 aliphatic carbocycles. The van der Waals surface area contributed by atoms with Crippen molar-refractivity contribution in [1.29, 1.82) is 0 Å². The minimum atomic E-state index is -1.17. The normalized spacial score (nSPS) is 18.6. The van der Waals surface area contributed by atoms with Crippen molar-refractivity contribution in [1.82, 2.24) is 14.4 Å². The highest BCUT2D eigenvalue weighted by molar-refractivity contribution is 7.09. The molecule has 0 saturated carbocycles. The molecule has 8 nitrogen and oxygen atoms in total. The smallest absolute Gasteiger partial charge is 0.328 e. The van der Waals surface area contributed by atoms with Gasteiger partial charge in [-0.15, -0.1) is 11.3 Å². The van der Waals surface area contributed by atoms with Crippen molar-refractivity contribution in [3.8, 4) is 0 Å². The van der Waals surface area contributed by atoms with Crippen LogP contribution in [0.4, 0.5) is 10.2 Å². The van der Waals surface area contributed by atoms with E-state index in [2.05, 4.69) is 24.2 Å². The fourth-order valence-corrected chi connectivity index (χ4v) is 5.03. The molecule has 3 aromatic rings. The Kier molecular flexibility index (Phi) is 7.08. The fraction of sp³-hybridized carbons (Fsp3) is 0.417. The lowest BCUT2D eigenvalue weighted by atomic mass is 10.1. The zero-order valence-electron chi connectivity index (χ0n) is 19.1. The number of pyridine rings is 1. The maximum absolute atomic E-state index is 13.4. The van der Waals surface area contributed by atoms with Crippen LogP contribution in [0.2, 0.25) is 0 Å². The van der Waals surface area contributed by atoms with Crippen molar-refractivity contribution >= 4 is 34.8 Å². The van der Waals surface area contributed by atoms with Crippen LogP contribution in [-0.2, 0) is 17.6 Å². The number of rotatable bonds is 8. The van der Waals surface area contributed by atoms with E-state index in [-0.39, 0.29) is 23.1 Å². The third-order valence-electron chi connectivity index (χ3n) is 6.08. The summed E-state index contributed by atoms with van der Waals surface area (Å²) in [5, 5.41) is 12.2. The summed E-state index contributed by atoms with van der Waals surface area (Å²) in [6.45, 7) is 4.32. The molecule has 3 N–H and O–H groups in total. The summed E-state index contributed by atoms with van der Waals surface area (Å²) in [6.07, 6.45) is 5.33. The van der Waals surface area contributed by atoms with Crippen molar-refractivity contribution in [3.63, 3.8) is 0 Å². The Bertz CT molecular complexity index is 1290. The van der Waals surface area contributed by atoms with Crippen molar-refractivity contribution in [2.45, 2.75) is 38.6 Å². The van der Waals surface area contributed by atoms with Gasteiger partial charge in [-0.05, 0) is 36.1 Å². The Balaban J connectivity index is 1.69. The summed E-state index contributed by atoms with van der Waals surface area (Å²) in [6, 6.07) is 3.33. The van der Waals surface area contributed by atoms with Crippen LogP contribution in [0.5, 0.6) is 0 Å². The average Bonchev–Trinajstić information content (AvgIpc) is 3.43. The molecule has 0 unspecified atom stereocenters. The van der Waals surface area contributed by atoms with Gasteiger partial charge in [0.1, 0.15) is 11.5 Å². The first-order chi connectivity index (χ1) is 16.3. The van der Waals surface area contributed by atoms with E-state index in [0.29, 0.717) is 30.5 Å². The Morgan fingerprint density at radius 2 is 2.15 bits per heavy atom. The van der Waals surface area contributed by atoms with Crippen LogP contribution in [0, 0.1) is 5.92 Å². The number of carbonyl (C=O) groups is 1. The molecule has 4 rings (SSSR count). The van der Waals surface area contributed by atoms with Crippen molar-refractivity contribution < 1.29 is 14.3 Å². The SMILES string of the molecule is CC(C)c1csc(CCc2ccn3c(=O)c(C=CC(=O)O)c(N4C[C@H](CF)[C@H](N)C4)nc3c2)n1. The summed E-state index contributed by atoms with van der Waals surface area (Å²) in [4.78, 5) is 35.5. The molecule has 10 heteroatoms. The first-order valence-electron chi connectivity index (χ1n) is 11.2. The first-order valence-corrected chi connectivity index (χ1v) is 12.1. The van der Waals surface area contributed by atoms with Gasteiger partial charge in [0.2, 0.25) is 0 Å². The molecule has 1 aliphatic rings. The maximum Gasteiger partial charge on any atom is 0.328 e. The van der Waals surface area contributed by atoms with E-state index in [4.69, 9.17) is 15.8 Å². The standard InChI is InChI=1S/C24H28FN5O3S/c1-14(2)19-13-34-21(27-19)5-3-15-7-8-30-20(9-15)28-23(17(24(30)33)4-6-22(31)32)29-11-16(10-25)18(26)12-29/h4,6-9,13-14,16,18H,3,5,10-12,26H2,1-2H3,(H,31,32)/t16-,18+/m0/s1. The fourth-order valence-electron chi connectivity index (χ4n) is 4.07. The van der Waals surface area contributed by atoms with Crippen LogP contribution in [0.25, 0.3) is 11.7 Å². The van der Waals surface area contributed by atoms with Crippen LogP contribution in [0.1, 0.15) is 41.6 Å². The number of halogens is 1. The molecule has 0 bridgehead atoms. The van der Waals surface area contributed by atoms with E-state index in [9.17, 15) is 14.0 Å². The molecule has 0 radical (unpaired) electrons. The number of aryl methyl sites for hydroxylation is 2. The van der Waals surface area contributed by atoms with E-state index in [1.54, 1.807) is 22.4 Å². The largest absolute Gasteiger partial charge is 0.478 e. The van der Waals surface area contributed by atoms with E-state index in [0.717, 1.165) is 35.2 Å². The molecule has 0 amide bonds. The summed E-state index contributed by atoms with van der Waals surface area (Å²) < 4.78 is 14.8. The third-order valence-corrected chi connectivity index (χ3v) is 7.01. The summed E-state index contributed by atoms with van der Waals surface area (Å²) in [7, 11) is 0. The third kappa shape index (κ3) is 5.02. The Morgan fingerprint density at radius 3 is 2.79 bits per heavy atom. The van der Waals surface area contributed by atoms with Crippen LogP contribution in [0.15, 0.2) is 34.6 Å². The lowest BCUT2D eigenvalue weighted by molar-refractivity contribution is -0.131. The number of hydrogen-bond donors (Lipinski definition) is 2. The van der Waals surface area contributed by atoms with Gasteiger partial charge in [0, 0.05) is 49.1 Å². The number of carboxylic acids is 1. The topological polar surface area (TPSA) is 114 Å². The molecule has 0 spiro atoms. The predicted molar refractivity (Wildman–Crippen MR) is 131 cm³/mol. The van der Waals surface area contributed by atoms with E-state index < -0.39 is 12.6 Å². The highest BCUT2D eigenvalue weighted by Gasteiger charge is 2.32. The number of hydrogen-bond acceptors (Lipinski definition) is 7. The number of alkyl halides is 1. The summed E-state index contributed by atoms with van der Waals surface area (Å²) >= 11 is 1.65. The van der Waals surface area contributed by atoms with E-state index >= 15 is 0 Å². The van der Waals surface area contributed by atoms with Crippen LogP contribution in [0.3, 0.4) is 0 Å². The number of anilines is 1. The Morgan fingerprint density at radius 1 is 1.35 bits per heavy atom. The molecule has 1 aliphatic heterocycles. The monoisotopic (exact) mass is 485 g/mol. The van der Waals surface area contributed by atoms with Gasteiger partial charge in [0.15, 0.2) is 0 Å².